The molecule has 136 valence electrons. The van der Waals surface area contributed by atoms with Gasteiger partial charge in [0.05, 0.1) is 5.69 Å². The molecule has 2 N–H and O–H groups in total. The molecule has 2 heterocycles. The molecule has 2 amide bonds. The molecule has 1 saturated heterocycles. The first kappa shape index (κ1) is 17.5. The van der Waals surface area contributed by atoms with E-state index in [-0.39, 0.29) is 0 Å². The highest BCUT2D eigenvalue weighted by Gasteiger charge is 2.46. The fourth-order valence-corrected chi connectivity index (χ4v) is 3.13. The van der Waals surface area contributed by atoms with Crippen LogP contribution in [-0.2, 0) is 15.1 Å². The minimum absolute atomic E-state index is 0.394. The van der Waals surface area contributed by atoms with Crippen LogP contribution in [0.4, 0.5) is 19.7 Å². The molecular weight excluding hydrogens is 329 g/mol. The summed E-state index contributed by atoms with van der Waals surface area (Å²) in [6, 6.07) is 4.07. The molecule has 1 fully saturated rings. The van der Waals surface area contributed by atoms with Crippen LogP contribution in [0.25, 0.3) is 0 Å². The Hall–Kier alpha value is -2.35. The van der Waals surface area contributed by atoms with Crippen molar-refractivity contribution >= 4 is 17.9 Å². The molecule has 0 aliphatic carbocycles. The van der Waals surface area contributed by atoms with Gasteiger partial charge in [0.1, 0.15) is 17.0 Å². The van der Waals surface area contributed by atoms with Crippen LogP contribution in [-0.4, -0.2) is 30.9 Å². The van der Waals surface area contributed by atoms with Gasteiger partial charge in [0.15, 0.2) is 0 Å². The van der Waals surface area contributed by atoms with Crippen molar-refractivity contribution in [1.29, 1.82) is 0 Å². The van der Waals surface area contributed by atoms with E-state index in [9.17, 15) is 14.0 Å². The monoisotopic (exact) mass is 351 g/mol. The second-order valence-electron chi connectivity index (χ2n) is 7.22. The largest absolute Gasteiger partial charge is 0.443 e. The summed E-state index contributed by atoms with van der Waals surface area (Å²) in [7, 11) is 0. The Morgan fingerprint density at radius 3 is 2.68 bits per heavy atom. The van der Waals surface area contributed by atoms with E-state index in [1.165, 1.54) is 18.2 Å². The van der Waals surface area contributed by atoms with E-state index in [1.54, 1.807) is 20.8 Å². The number of ether oxygens (including phenoxy) is 2. The molecule has 3 rings (SSSR count). The lowest BCUT2D eigenvalue weighted by Gasteiger charge is -2.44. The molecule has 0 aromatic heterocycles. The summed E-state index contributed by atoms with van der Waals surface area (Å²) in [4.78, 5) is 24.6. The molecule has 0 unspecified atom stereocenters. The van der Waals surface area contributed by atoms with Crippen molar-refractivity contribution in [3.63, 3.8) is 0 Å². The average molecular weight is 351 g/mol. The number of carbonyl (C=O) groups excluding carboxylic acids is 2. The lowest BCUT2D eigenvalue weighted by atomic mass is 9.83. The fraction of sp³-hybridized carbons (Fsp3) is 0.529. The molecule has 2 aliphatic rings. The minimum atomic E-state index is -0.883. The van der Waals surface area contributed by atoms with Crippen molar-refractivity contribution in [2.75, 3.05) is 18.1 Å². The Bertz CT molecular complexity index is 696. The highest BCUT2D eigenvalue weighted by Crippen LogP contribution is 2.44. The standard InChI is InChI=1S/C17H22FN3O4/c1-16(2,3)24-14(22)20-21-13-5-4-11(18)10-12(13)17(25-15(21)23)6-8-19-9-7-17/h4-5,10,19H,6-9H2,1-3H3,(H,20,22). The average Bonchev–Trinajstić information content (AvgIpc) is 2.51. The number of benzene rings is 1. The number of piperidine rings is 1. The van der Waals surface area contributed by atoms with Crippen LogP contribution in [0, 0.1) is 5.82 Å². The van der Waals surface area contributed by atoms with Crippen LogP contribution in [0.5, 0.6) is 0 Å². The Labute approximate surface area is 145 Å². The Morgan fingerprint density at radius 1 is 1.36 bits per heavy atom. The number of hydrogen-bond donors (Lipinski definition) is 2. The predicted octanol–water partition coefficient (Wildman–Crippen LogP) is 2.80. The smallest absolute Gasteiger partial charge is 0.434 e. The molecule has 1 aromatic rings. The van der Waals surface area contributed by atoms with E-state index in [0.717, 1.165) is 5.01 Å². The molecule has 1 aromatic carbocycles. The molecule has 7 nitrogen and oxygen atoms in total. The van der Waals surface area contributed by atoms with Gasteiger partial charge in [-0.2, -0.15) is 5.01 Å². The van der Waals surface area contributed by atoms with Gasteiger partial charge in [-0.05, 0) is 52.1 Å². The number of nitrogens with zero attached hydrogens (tertiary/aromatic N) is 1. The van der Waals surface area contributed by atoms with Gasteiger partial charge in [0.25, 0.3) is 0 Å². The van der Waals surface area contributed by atoms with Crippen LogP contribution in [0.3, 0.4) is 0 Å². The van der Waals surface area contributed by atoms with E-state index in [4.69, 9.17) is 9.47 Å². The van der Waals surface area contributed by atoms with Crippen molar-refractivity contribution in [3.8, 4) is 0 Å². The molecule has 0 atom stereocenters. The molecule has 2 aliphatic heterocycles. The van der Waals surface area contributed by atoms with Crippen LogP contribution >= 0.6 is 0 Å². The molecule has 1 spiro atoms. The Morgan fingerprint density at radius 2 is 2.04 bits per heavy atom. The quantitative estimate of drug-likeness (QED) is 0.813. The predicted molar refractivity (Wildman–Crippen MR) is 88.5 cm³/mol. The number of rotatable bonds is 1. The number of halogens is 1. The number of fused-ring (bicyclic) bond motifs is 2. The number of anilines is 1. The third kappa shape index (κ3) is 3.53. The van der Waals surface area contributed by atoms with Gasteiger partial charge in [-0.3, -0.25) is 0 Å². The van der Waals surface area contributed by atoms with Crippen molar-refractivity contribution in [1.82, 2.24) is 10.7 Å². The summed E-state index contributed by atoms with van der Waals surface area (Å²) in [6.07, 6.45) is -0.432. The number of hydrazine groups is 1. The Balaban J connectivity index is 1.94. The highest BCUT2D eigenvalue weighted by atomic mass is 19.1. The maximum atomic E-state index is 13.9. The van der Waals surface area contributed by atoms with Gasteiger partial charge >= 0.3 is 12.2 Å². The molecule has 8 heteroatoms. The van der Waals surface area contributed by atoms with Crippen molar-refractivity contribution in [3.05, 3.63) is 29.6 Å². The van der Waals surface area contributed by atoms with E-state index < -0.39 is 29.2 Å². The van der Waals surface area contributed by atoms with Crippen LogP contribution in [0.2, 0.25) is 0 Å². The van der Waals surface area contributed by atoms with E-state index >= 15 is 0 Å². The summed E-state index contributed by atoms with van der Waals surface area (Å²) in [6.45, 7) is 6.46. The highest BCUT2D eigenvalue weighted by molar-refractivity contribution is 5.93. The maximum Gasteiger partial charge on any atom is 0.434 e. The van der Waals surface area contributed by atoms with Gasteiger partial charge in [0, 0.05) is 18.4 Å². The molecule has 0 saturated carbocycles. The van der Waals surface area contributed by atoms with Gasteiger partial charge in [0.2, 0.25) is 0 Å². The van der Waals surface area contributed by atoms with Crippen LogP contribution in [0.1, 0.15) is 39.2 Å². The van der Waals surface area contributed by atoms with Gasteiger partial charge in [-0.25, -0.2) is 19.4 Å². The SMILES string of the molecule is CC(C)(C)OC(=O)NN1C(=O)OC2(CCNCC2)c2cc(F)ccc21. The summed E-state index contributed by atoms with van der Waals surface area (Å²) in [5, 5.41) is 4.17. The lowest BCUT2D eigenvalue weighted by molar-refractivity contribution is -0.0206. The second-order valence-corrected chi connectivity index (χ2v) is 7.22. The Kier molecular flexibility index (Phi) is 4.32. The topological polar surface area (TPSA) is 79.9 Å². The lowest BCUT2D eigenvalue weighted by Crippen LogP contribution is -2.56. The number of nitrogens with one attached hydrogen (secondary N) is 2. The van der Waals surface area contributed by atoms with Crippen LogP contribution in [0.15, 0.2) is 18.2 Å². The molecular formula is C17H22FN3O4. The maximum absolute atomic E-state index is 13.9. The first-order valence-corrected chi connectivity index (χ1v) is 8.24. The zero-order valence-electron chi connectivity index (χ0n) is 14.5. The fourth-order valence-electron chi connectivity index (χ4n) is 3.13. The second kappa shape index (κ2) is 6.18. The van der Waals surface area contributed by atoms with Gasteiger partial charge in [-0.1, -0.05) is 0 Å². The minimum Gasteiger partial charge on any atom is -0.443 e. The first-order valence-electron chi connectivity index (χ1n) is 8.24. The molecule has 25 heavy (non-hydrogen) atoms. The van der Waals surface area contributed by atoms with Gasteiger partial charge < -0.3 is 14.8 Å². The molecule has 0 radical (unpaired) electrons. The summed E-state index contributed by atoms with van der Waals surface area (Å²) in [5.41, 5.74) is 1.72. The third-order valence-corrected chi connectivity index (χ3v) is 4.17. The summed E-state index contributed by atoms with van der Waals surface area (Å²) >= 11 is 0. The summed E-state index contributed by atoms with van der Waals surface area (Å²) < 4.78 is 24.7. The van der Waals surface area contributed by atoms with Crippen molar-refractivity contribution in [2.24, 2.45) is 0 Å². The number of carbonyl (C=O) groups is 2. The van der Waals surface area contributed by atoms with Crippen LogP contribution < -0.4 is 15.8 Å². The zero-order valence-corrected chi connectivity index (χ0v) is 14.5. The van der Waals surface area contributed by atoms with E-state index in [0.29, 0.717) is 37.2 Å². The molecule has 0 bridgehead atoms. The summed E-state index contributed by atoms with van der Waals surface area (Å²) in [5.74, 6) is -0.424. The van der Waals surface area contributed by atoms with Crippen molar-refractivity contribution < 1.29 is 23.5 Å². The third-order valence-electron chi connectivity index (χ3n) is 4.17. The number of amides is 2. The van der Waals surface area contributed by atoms with Gasteiger partial charge in [-0.15, -0.1) is 0 Å². The normalized spacial score (nSPS) is 19.2. The first-order chi connectivity index (χ1) is 11.7. The number of hydrogen-bond acceptors (Lipinski definition) is 5. The van der Waals surface area contributed by atoms with Crippen molar-refractivity contribution in [2.45, 2.75) is 44.8 Å². The zero-order chi connectivity index (χ0) is 18.2. The van der Waals surface area contributed by atoms with E-state index in [1.807, 2.05) is 0 Å². The van der Waals surface area contributed by atoms with E-state index in [2.05, 4.69) is 10.7 Å².